The third-order valence-electron chi connectivity index (χ3n) is 3.27. The number of hydrogen-bond donors (Lipinski definition) is 3. The van der Waals surface area contributed by atoms with Gasteiger partial charge in [-0.1, -0.05) is 0 Å². The fourth-order valence-corrected chi connectivity index (χ4v) is 2.15. The van der Waals surface area contributed by atoms with Crippen molar-refractivity contribution in [3.05, 3.63) is 28.1 Å². The predicted octanol–water partition coefficient (Wildman–Crippen LogP) is -0.0520. The summed E-state index contributed by atoms with van der Waals surface area (Å²) >= 11 is 0. The molecule has 0 saturated carbocycles. The number of nitrogens with zero attached hydrogens (tertiary/aromatic N) is 2. The van der Waals surface area contributed by atoms with E-state index in [9.17, 15) is 14.9 Å². The van der Waals surface area contributed by atoms with E-state index in [1.807, 2.05) is 0 Å². The first-order valence-electron chi connectivity index (χ1n) is 6.71. The van der Waals surface area contributed by atoms with Gasteiger partial charge in [-0.3, -0.25) is 14.9 Å². The number of carbonyl (C=O) groups is 1. The topological polar surface area (TPSA) is 103 Å². The number of H-pyrrole nitrogens is 1. The lowest BCUT2D eigenvalue weighted by Crippen LogP contribution is -2.44. The molecule has 0 aliphatic carbocycles. The highest BCUT2D eigenvalue weighted by molar-refractivity contribution is 5.93. The van der Waals surface area contributed by atoms with Gasteiger partial charge in [-0.2, -0.15) is 0 Å². The van der Waals surface area contributed by atoms with Crippen molar-refractivity contribution in [2.24, 2.45) is 0 Å². The minimum atomic E-state index is -0.530. The van der Waals surface area contributed by atoms with Crippen molar-refractivity contribution >= 4 is 11.6 Å². The van der Waals surface area contributed by atoms with Crippen LogP contribution < -0.4 is 10.6 Å². The molecule has 1 aromatic rings. The van der Waals surface area contributed by atoms with Crippen LogP contribution in [0.25, 0.3) is 0 Å². The van der Waals surface area contributed by atoms with Gasteiger partial charge in [0.05, 0.1) is 11.1 Å². The Balaban J connectivity index is 1.67. The van der Waals surface area contributed by atoms with E-state index in [1.54, 1.807) is 0 Å². The SMILES string of the molecule is O=C(NCCCN1CCNCC1)c1cc([N+](=O)[O-])c[nH]1. The van der Waals surface area contributed by atoms with Gasteiger partial charge in [-0.25, -0.2) is 0 Å². The monoisotopic (exact) mass is 281 g/mol. The maximum atomic E-state index is 11.7. The smallest absolute Gasteiger partial charge is 0.287 e. The molecule has 20 heavy (non-hydrogen) atoms. The third-order valence-corrected chi connectivity index (χ3v) is 3.27. The predicted molar refractivity (Wildman–Crippen MR) is 73.7 cm³/mol. The number of carbonyl (C=O) groups excluding carboxylic acids is 1. The number of nitro groups is 1. The highest BCUT2D eigenvalue weighted by Crippen LogP contribution is 2.11. The van der Waals surface area contributed by atoms with E-state index >= 15 is 0 Å². The zero-order valence-corrected chi connectivity index (χ0v) is 11.2. The first kappa shape index (κ1) is 14.5. The van der Waals surface area contributed by atoms with Crippen LogP contribution >= 0.6 is 0 Å². The van der Waals surface area contributed by atoms with Gasteiger partial charge in [0.15, 0.2) is 0 Å². The number of amides is 1. The van der Waals surface area contributed by atoms with E-state index in [0.29, 0.717) is 6.54 Å². The summed E-state index contributed by atoms with van der Waals surface area (Å²) in [5, 5.41) is 16.6. The summed E-state index contributed by atoms with van der Waals surface area (Å²) in [5.74, 6) is -0.307. The average molecular weight is 281 g/mol. The van der Waals surface area contributed by atoms with Gasteiger partial charge < -0.3 is 20.5 Å². The van der Waals surface area contributed by atoms with Crippen LogP contribution in [0.3, 0.4) is 0 Å². The van der Waals surface area contributed by atoms with Gasteiger partial charge in [-0.15, -0.1) is 0 Å². The van der Waals surface area contributed by atoms with E-state index in [4.69, 9.17) is 0 Å². The second-order valence-corrected chi connectivity index (χ2v) is 4.73. The molecule has 1 aromatic heterocycles. The molecule has 2 heterocycles. The van der Waals surface area contributed by atoms with Crippen LogP contribution in [-0.4, -0.2) is 60.0 Å². The standard InChI is InChI=1S/C12H19N5O3/c18-12(11-8-10(9-15-11)17(19)20)14-2-1-5-16-6-3-13-4-7-16/h8-9,13,15H,1-7H2,(H,14,18). The number of piperazine rings is 1. The molecule has 110 valence electrons. The number of hydrogen-bond acceptors (Lipinski definition) is 5. The van der Waals surface area contributed by atoms with Crippen molar-refractivity contribution in [2.75, 3.05) is 39.3 Å². The third kappa shape index (κ3) is 4.04. The van der Waals surface area contributed by atoms with Crippen LogP contribution in [0, 0.1) is 10.1 Å². The molecule has 0 unspecified atom stereocenters. The van der Waals surface area contributed by atoms with E-state index in [2.05, 4.69) is 20.5 Å². The fourth-order valence-electron chi connectivity index (χ4n) is 2.15. The lowest BCUT2D eigenvalue weighted by atomic mass is 10.3. The molecule has 1 amide bonds. The second-order valence-electron chi connectivity index (χ2n) is 4.73. The Bertz CT molecular complexity index is 467. The maximum Gasteiger partial charge on any atom is 0.287 e. The van der Waals surface area contributed by atoms with Crippen LogP contribution in [0.4, 0.5) is 5.69 Å². The number of nitrogens with one attached hydrogen (secondary N) is 3. The zero-order chi connectivity index (χ0) is 14.4. The lowest BCUT2D eigenvalue weighted by Gasteiger charge is -2.27. The molecule has 0 spiro atoms. The Kier molecular flexibility index (Phi) is 5.08. The molecule has 0 atom stereocenters. The van der Waals surface area contributed by atoms with Gasteiger partial charge in [-0.05, 0) is 13.0 Å². The van der Waals surface area contributed by atoms with Crippen molar-refractivity contribution in [2.45, 2.75) is 6.42 Å². The Labute approximate surface area is 116 Å². The summed E-state index contributed by atoms with van der Waals surface area (Å²) in [4.78, 5) is 26.7. The summed E-state index contributed by atoms with van der Waals surface area (Å²) in [6.45, 7) is 5.62. The second kappa shape index (κ2) is 7.01. The van der Waals surface area contributed by atoms with Gasteiger partial charge in [0.2, 0.25) is 0 Å². The Morgan fingerprint density at radius 2 is 2.20 bits per heavy atom. The molecule has 8 heteroatoms. The first-order chi connectivity index (χ1) is 9.66. The van der Waals surface area contributed by atoms with Gasteiger partial charge in [0, 0.05) is 38.8 Å². The molecular formula is C12H19N5O3. The maximum absolute atomic E-state index is 11.7. The summed E-state index contributed by atoms with van der Waals surface area (Å²) in [6, 6.07) is 1.24. The van der Waals surface area contributed by atoms with Crippen molar-refractivity contribution in [1.29, 1.82) is 0 Å². The van der Waals surface area contributed by atoms with E-state index in [0.717, 1.165) is 39.1 Å². The van der Waals surface area contributed by atoms with Crippen LogP contribution in [-0.2, 0) is 0 Å². The van der Waals surface area contributed by atoms with Crippen molar-refractivity contribution in [1.82, 2.24) is 20.5 Å². The fraction of sp³-hybridized carbons (Fsp3) is 0.583. The largest absolute Gasteiger partial charge is 0.351 e. The Morgan fingerprint density at radius 1 is 1.45 bits per heavy atom. The summed E-state index contributed by atoms with van der Waals surface area (Å²) in [7, 11) is 0. The van der Waals surface area contributed by atoms with Gasteiger partial charge >= 0.3 is 0 Å². The lowest BCUT2D eigenvalue weighted by molar-refractivity contribution is -0.384. The molecule has 0 aromatic carbocycles. The normalized spacial score (nSPS) is 16.0. The molecule has 1 aliphatic rings. The van der Waals surface area contributed by atoms with Crippen LogP contribution in [0.15, 0.2) is 12.3 Å². The van der Waals surface area contributed by atoms with Crippen molar-refractivity contribution in [3.8, 4) is 0 Å². The molecule has 1 aliphatic heterocycles. The Morgan fingerprint density at radius 3 is 2.85 bits per heavy atom. The van der Waals surface area contributed by atoms with Crippen LogP contribution in [0.5, 0.6) is 0 Å². The first-order valence-corrected chi connectivity index (χ1v) is 6.71. The molecule has 1 saturated heterocycles. The number of aromatic amines is 1. The van der Waals surface area contributed by atoms with Crippen LogP contribution in [0.2, 0.25) is 0 Å². The van der Waals surface area contributed by atoms with Crippen molar-refractivity contribution < 1.29 is 9.72 Å². The van der Waals surface area contributed by atoms with Gasteiger partial charge in [0.1, 0.15) is 5.69 Å². The van der Waals surface area contributed by atoms with Gasteiger partial charge in [0.25, 0.3) is 11.6 Å². The average Bonchev–Trinajstić information content (AvgIpc) is 2.94. The van der Waals surface area contributed by atoms with E-state index in [-0.39, 0.29) is 17.3 Å². The minimum Gasteiger partial charge on any atom is -0.351 e. The Hall–Kier alpha value is -1.93. The molecular weight excluding hydrogens is 262 g/mol. The van der Waals surface area contributed by atoms with E-state index in [1.165, 1.54) is 12.3 Å². The number of aromatic nitrogens is 1. The molecule has 8 nitrogen and oxygen atoms in total. The van der Waals surface area contributed by atoms with E-state index < -0.39 is 4.92 Å². The molecule has 3 N–H and O–H groups in total. The minimum absolute atomic E-state index is 0.101. The highest BCUT2D eigenvalue weighted by atomic mass is 16.6. The number of rotatable bonds is 6. The molecule has 2 rings (SSSR count). The molecule has 0 radical (unpaired) electrons. The molecule has 0 bridgehead atoms. The van der Waals surface area contributed by atoms with Crippen LogP contribution in [0.1, 0.15) is 16.9 Å². The molecule has 1 fully saturated rings. The zero-order valence-electron chi connectivity index (χ0n) is 11.2. The quantitative estimate of drug-likeness (QED) is 0.385. The highest BCUT2D eigenvalue weighted by Gasteiger charge is 2.14. The van der Waals surface area contributed by atoms with Crippen molar-refractivity contribution in [3.63, 3.8) is 0 Å². The summed E-state index contributed by atoms with van der Waals surface area (Å²) in [6.07, 6.45) is 2.09. The summed E-state index contributed by atoms with van der Waals surface area (Å²) < 4.78 is 0. The summed E-state index contributed by atoms with van der Waals surface area (Å²) in [5.41, 5.74) is 0.120.